The first-order chi connectivity index (χ1) is 11.8. The average molecular weight is 364 g/mol. The minimum Gasteiger partial charge on any atom is -0.337 e. The second-order valence-corrected chi connectivity index (χ2v) is 7.75. The maximum Gasteiger partial charge on any atom is 0.253 e. The number of sulfonamides is 1. The highest BCUT2D eigenvalue weighted by atomic mass is 32.2. The van der Waals surface area contributed by atoms with Crippen LogP contribution in [0.15, 0.2) is 29.2 Å². The van der Waals surface area contributed by atoms with Gasteiger partial charge in [0.15, 0.2) is 5.82 Å². The molecule has 1 aliphatic rings. The third kappa shape index (κ3) is 4.03. The van der Waals surface area contributed by atoms with Crippen molar-refractivity contribution >= 4 is 15.9 Å². The molecule has 4 N–H and O–H groups in total. The molecule has 0 bridgehead atoms. The van der Waals surface area contributed by atoms with Gasteiger partial charge in [-0.1, -0.05) is 0 Å². The van der Waals surface area contributed by atoms with Crippen LogP contribution >= 0.6 is 0 Å². The van der Waals surface area contributed by atoms with E-state index < -0.39 is 10.0 Å². The van der Waals surface area contributed by atoms with E-state index in [2.05, 4.69) is 19.9 Å². The molecule has 1 aromatic heterocycles. The van der Waals surface area contributed by atoms with Crippen LogP contribution in [0.5, 0.6) is 0 Å². The predicted molar refractivity (Wildman–Crippen MR) is 90.1 cm³/mol. The lowest BCUT2D eigenvalue weighted by molar-refractivity contribution is 0.0791. The average Bonchev–Trinajstić information content (AvgIpc) is 3.21. The summed E-state index contributed by atoms with van der Waals surface area (Å²) in [5.41, 5.74) is 6.25. The van der Waals surface area contributed by atoms with Crippen molar-refractivity contribution in [2.75, 3.05) is 13.1 Å². The smallest absolute Gasteiger partial charge is 0.253 e. The first-order valence-corrected chi connectivity index (χ1v) is 9.36. The molecule has 25 heavy (non-hydrogen) atoms. The van der Waals surface area contributed by atoms with Crippen LogP contribution in [0.3, 0.4) is 0 Å². The normalized spacial score (nSPS) is 17.8. The predicted octanol–water partition coefficient (Wildman–Crippen LogP) is -0.235. The fourth-order valence-electron chi connectivity index (χ4n) is 2.64. The molecule has 0 saturated carbocycles. The monoisotopic (exact) mass is 364 g/mol. The largest absolute Gasteiger partial charge is 0.337 e. The highest BCUT2D eigenvalue weighted by Crippen LogP contribution is 2.15. The number of carbonyl (C=O) groups excluding carboxylic acids is 1. The van der Waals surface area contributed by atoms with Gasteiger partial charge in [-0.3, -0.25) is 9.89 Å². The summed E-state index contributed by atoms with van der Waals surface area (Å²) in [7, 11) is -3.71. The Bertz CT molecular complexity index is 862. The van der Waals surface area contributed by atoms with E-state index in [0.717, 1.165) is 6.42 Å². The van der Waals surface area contributed by atoms with Gasteiger partial charge in [0, 0.05) is 24.7 Å². The highest BCUT2D eigenvalue weighted by molar-refractivity contribution is 7.89. The Morgan fingerprint density at radius 1 is 1.40 bits per heavy atom. The van der Waals surface area contributed by atoms with E-state index in [4.69, 9.17) is 5.73 Å². The fraction of sp³-hybridized carbons (Fsp3) is 0.400. The van der Waals surface area contributed by atoms with Crippen LogP contribution in [0.4, 0.5) is 0 Å². The van der Waals surface area contributed by atoms with Gasteiger partial charge < -0.3 is 10.6 Å². The van der Waals surface area contributed by atoms with Gasteiger partial charge in [-0.05, 0) is 37.6 Å². The molecule has 1 saturated heterocycles. The van der Waals surface area contributed by atoms with E-state index in [1.54, 1.807) is 11.8 Å². The summed E-state index contributed by atoms with van der Waals surface area (Å²) in [5.74, 6) is 0.831. The fourth-order valence-corrected chi connectivity index (χ4v) is 3.62. The van der Waals surface area contributed by atoms with Gasteiger partial charge in [-0.15, -0.1) is 0 Å². The standard InChI is InChI=1S/C15H20N6O3S/c1-10-18-14(20-19-10)8-17-25(23,24)13-4-2-11(3-5-13)15(22)21-7-6-12(16)9-21/h2-5,12,17H,6-9,16H2,1H3,(H,18,19,20)/t12-/m0/s1. The second-order valence-electron chi connectivity index (χ2n) is 5.99. The number of benzene rings is 1. The van der Waals surface area contributed by atoms with Crippen LogP contribution in [0, 0.1) is 6.92 Å². The number of aromatic amines is 1. The quantitative estimate of drug-likeness (QED) is 0.671. The van der Waals surface area contributed by atoms with Crippen LogP contribution in [0.25, 0.3) is 0 Å². The van der Waals surface area contributed by atoms with Crippen molar-refractivity contribution in [2.24, 2.45) is 5.73 Å². The Hall–Kier alpha value is -2.30. The Balaban J connectivity index is 1.67. The number of carbonyl (C=O) groups is 1. The summed E-state index contributed by atoms with van der Waals surface area (Å²) in [6.45, 7) is 2.86. The summed E-state index contributed by atoms with van der Waals surface area (Å²) in [4.78, 5) is 18.1. The lowest BCUT2D eigenvalue weighted by Crippen LogP contribution is -2.31. The summed E-state index contributed by atoms with van der Waals surface area (Å²) < 4.78 is 27.0. The second kappa shape index (κ2) is 6.90. The van der Waals surface area contributed by atoms with Crippen molar-refractivity contribution < 1.29 is 13.2 Å². The molecule has 0 unspecified atom stereocenters. The van der Waals surface area contributed by atoms with E-state index in [9.17, 15) is 13.2 Å². The van der Waals surface area contributed by atoms with Gasteiger partial charge in [0.1, 0.15) is 5.82 Å². The Morgan fingerprint density at radius 3 is 2.68 bits per heavy atom. The van der Waals surface area contributed by atoms with E-state index in [1.807, 2.05) is 0 Å². The van der Waals surface area contributed by atoms with Crippen LogP contribution in [-0.4, -0.2) is 53.5 Å². The number of rotatable bonds is 5. The summed E-state index contributed by atoms with van der Waals surface area (Å²) in [5, 5.41) is 6.52. The number of nitrogens with one attached hydrogen (secondary N) is 2. The van der Waals surface area contributed by atoms with Gasteiger partial charge >= 0.3 is 0 Å². The molecule has 10 heteroatoms. The third-order valence-corrected chi connectivity index (χ3v) is 5.40. The summed E-state index contributed by atoms with van der Waals surface area (Å²) >= 11 is 0. The molecule has 1 aromatic carbocycles. The van der Waals surface area contributed by atoms with Crippen molar-refractivity contribution in [3.8, 4) is 0 Å². The number of hydrogen-bond donors (Lipinski definition) is 3. The Morgan fingerprint density at radius 2 is 2.12 bits per heavy atom. The zero-order valence-electron chi connectivity index (χ0n) is 13.8. The lowest BCUT2D eigenvalue weighted by Gasteiger charge is -2.16. The molecule has 1 amide bonds. The van der Waals surface area contributed by atoms with Crippen molar-refractivity contribution in [2.45, 2.75) is 30.8 Å². The number of aryl methyl sites for hydroxylation is 1. The Labute approximate surface area is 145 Å². The molecule has 1 fully saturated rings. The molecule has 2 aromatic rings. The summed E-state index contributed by atoms with van der Waals surface area (Å²) in [6, 6.07) is 5.85. The number of hydrogen-bond acceptors (Lipinski definition) is 6. The minimum atomic E-state index is -3.71. The number of amides is 1. The van der Waals surface area contributed by atoms with E-state index in [0.29, 0.717) is 30.3 Å². The number of H-pyrrole nitrogens is 1. The first-order valence-electron chi connectivity index (χ1n) is 7.87. The van der Waals surface area contributed by atoms with Gasteiger partial charge in [0.25, 0.3) is 5.91 Å². The number of nitrogens with zero attached hydrogens (tertiary/aromatic N) is 3. The maximum atomic E-state index is 12.4. The van der Waals surface area contributed by atoms with Gasteiger partial charge in [-0.2, -0.15) is 5.10 Å². The van der Waals surface area contributed by atoms with Crippen molar-refractivity contribution in [1.82, 2.24) is 24.8 Å². The van der Waals surface area contributed by atoms with Gasteiger partial charge in [0.2, 0.25) is 10.0 Å². The minimum absolute atomic E-state index is 0.00656. The maximum absolute atomic E-state index is 12.4. The molecule has 2 heterocycles. The topological polar surface area (TPSA) is 134 Å². The third-order valence-electron chi connectivity index (χ3n) is 3.99. The number of nitrogens with two attached hydrogens (primary N) is 1. The highest BCUT2D eigenvalue weighted by Gasteiger charge is 2.25. The van der Waals surface area contributed by atoms with Crippen molar-refractivity contribution in [3.63, 3.8) is 0 Å². The molecular formula is C15H20N6O3S. The van der Waals surface area contributed by atoms with Gasteiger partial charge in [0.05, 0.1) is 11.4 Å². The van der Waals surface area contributed by atoms with Crippen molar-refractivity contribution in [1.29, 1.82) is 0 Å². The SMILES string of the molecule is Cc1nc(CNS(=O)(=O)c2ccc(C(=O)N3CC[C@H](N)C3)cc2)n[nH]1. The molecule has 1 aliphatic heterocycles. The molecule has 3 rings (SSSR count). The van der Waals surface area contributed by atoms with Crippen LogP contribution in [-0.2, 0) is 16.6 Å². The lowest BCUT2D eigenvalue weighted by atomic mass is 10.2. The molecular weight excluding hydrogens is 344 g/mol. The van der Waals surface area contributed by atoms with Gasteiger partial charge in [-0.25, -0.2) is 18.1 Å². The molecule has 134 valence electrons. The van der Waals surface area contributed by atoms with E-state index in [-0.39, 0.29) is 23.4 Å². The first kappa shape index (κ1) is 17.5. The summed E-state index contributed by atoms with van der Waals surface area (Å²) in [6.07, 6.45) is 0.781. The van der Waals surface area contributed by atoms with Crippen LogP contribution in [0.2, 0.25) is 0 Å². The number of aromatic nitrogens is 3. The molecule has 0 aliphatic carbocycles. The van der Waals surface area contributed by atoms with E-state index >= 15 is 0 Å². The zero-order chi connectivity index (χ0) is 18.0. The number of likely N-dealkylation sites (tertiary alicyclic amines) is 1. The van der Waals surface area contributed by atoms with Crippen LogP contribution < -0.4 is 10.5 Å². The zero-order valence-corrected chi connectivity index (χ0v) is 14.6. The van der Waals surface area contributed by atoms with Crippen LogP contribution in [0.1, 0.15) is 28.4 Å². The molecule has 1 atom stereocenters. The molecule has 9 nitrogen and oxygen atoms in total. The van der Waals surface area contributed by atoms with E-state index in [1.165, 1.54) is 24.3 Å². The molecule has 0 spiro atoms. The molecule has 0 radical (unpaired) electrons. The van der Waals surface area contributed by atoms with Crippen molar-refractivity contribution in [3.05, 3.63) is 41.5 Å². The Kier molecular flexibility index (Phi) is 4.84.